The lowest BCUT2D eigenvalue weighted by molar-refractivity contribution is 0.472. The molecule has 6 aromatic rings. The number of hydrogen-bond donors (Lipinski definition) is 6. The molecule has 0 amide bonds. The summed E-state index contributed by atoms with van der Waals surface area (Å²) in [5.74, 6) is -0.769. The van der Waals surface area contributed by atoms with E-state index >= 15 is 0 Å². The largest absolute Gasteiger partial charge is 0.505 e. The van der Waals surface area contributed by atoms with E-state index < -0.39 is 41.5 Å². The van der Waals surface area contributed by atoms with E-state index in [-0.39, 0.29) is 45.6 Å². The van der Waals surface area contributed by atoms with Gasteiger partial charge < -0.3 is 21.7 Å². The van der Waals surface area contributed by atoms with Crippen LogP contribution in [0, 0.1) is 0 Å². The van der Waals surface area contributed by atoms with Gasteiger partial charge in [-0.1, -0.05) is 48.5 Å². The number of aromatic hydroxyl groups is 2. The van der Waals surface area contributed by atoms with Gasteiger partial charge in [0.15, 0.2) is 11.5 Å². The van der Waals surface area contributed by atoms with Crippen LogP contribution in [0.25, 0.3) is 21.5 Å². The first-order chi connectivity index (χ1) is 23.2. The number of benzene rings is 6. The Bertz CT molecular complexity index is 2570. The monoisotopic (exact) mass is 698 g/mol. The van der Waals surface area contributed by atoms with Crippen LogP contribution >= 0.6 is 0 Å². The quantitative estimate of drug-likeness (QED) is 0.0519. The molecule has 0 aromatic heterocycles. The fourth-order valence-electron chi connectivity index (χ4n) is 5.29. The van der Waals surface area contributed by atoms with Crippen LogP contribution in [0.5, 0.6) is 11.5 Å². The van der Waals surface area contributed by atoms with Crippen molar-refractivity contribution < 1.29 is 36.2 Å². The lowest BCUT2D eigenvalue weighted by Gasteiger charge is -2.11. The van der Waals surface area contributed by atoms with E-state index in [2.05, 4.69) is 20.5 Å². The van der Waals surface area contributed by atoms with Crippen molar-refractivity contribution in [1.29, 1.82) is 0 Å². The number of phenols is 2. The number of azo groups is 2. The third-order valence-corrected chi connectivity index (χ3v) is 9.42. The van der Waals surface area contributed by atoms with Crippen LogP contribution in [-0.2, 0) is 26.7 Å². The molecule has 0 spiro atoms. The van der Waals surface area contributed by atoms with Gasteiger partial charge >= 0.3 is 0 Å². The summed E-state index contributed by atoms with van der Waals surface area (Å²) in [4.78, 5) is -1.24. The Morgan fingerprint density at radius 2 is 1.16 bits per heavy atom. The Labute approximate surface area is 279 Å². The van der Waals surface area contributed by atoms with Gasteiger partial charge in [-0.05, 0) is 76.9 Å². The van der Waals surface area contributed by atoms with E-state index in [1.54, 1.807) is 48.5 Å². The van der Waals surface area contributed by atoms with Crippen LogP contribution in [0.3, 0.4) is 0 Å². The summed E-state index contributed by atoms with van der Waals surface area (Å²) < 4.78 is 68.7. The van der Waals surface area contributed by atoms with Gasteiger partial charge in [0.2, 0.25) is 0 Å². The molecule has 6 aromatic carbocycles. The number of anilines is 2. The zero-order chi connectivity index (χ0) is 35.1. The van der Waals surface area contributed by atoms with E-state index in [0.717, 1.165) is 17.5 Å². The number of nitrogen functional groups attached to an aromatic ring is 2. The van der Waals surface area contributed by atoms with Crippen molar-refractivity contribution in [1.82, 2.24) is 0 Å². The average molecular weight is 699 g/mol. The summed E-state index contributed by atoms with van der Waals surface area (Å²) >= 11 is 0. The lowest BCUT2D eigenvalue weighted by atomic mass is 10.0. The minimum absolute atomic E-state index is 0.0619. The van der Waals surface area contributed by atoms with Crippen LogP contribution in [0.4, 0.5) is 34.1 Å². The van der Waals surface area contributed by atoms with Crippen molar-refractivity contribution in [3.8, 4) is 11.5 Å². The van der Waals surface area contributed by atoms with Crippen LogP contribution < -0.4 is 11.5 Å². The Hall–Kier alpha value is -5.94. The highest BCUT2D eigenvalue weighted by atomic mass is 32.2. The molecule has 0 radical (unpaired) electrons. The highest BCUT2D eigenvalue weighted by Gasteiger charge is 2.23. The van der Waals surface area contributed by atoms with Crippen LogP contribution in [0.15, 0.2) is 127 Å². The van der Waals surface area contributed by atoms with Gasteiger partial charge in [0.25, 0.3) is 20.2 Å². The molecule has 0 aliphatic heterocycles. The minimum atomic E-state index is -4.89. The minimum Gasteiger partial charge on any atom is -0.505 e. The molecule has 16 heteroatoms. The summed E-state index contributed by atoms with van der Waals surface area (Å²) in [5, 5.41) is 39.0. The van der Waals surface area contributed by atoms with E-state index in [1.807, 2.05) is 6.07 Å². The third kappa shape index (κ3) is 6.74. The highest BCUT2D eigenvalue weighted by Crippen LogP contribution is 2.44. The number of nitrogens with two attached hydrogens (primary N) is 2. The van der Waals surface area contributed by atoms with Crippen LogP contribution in [-0.4, -0.2) is 36.2 Å². The molecule has 8 N–H and O–H groups in total. The zero-order valence-corrected chi connectivity index (χ0v) is 26.8. The van der Waals surface area contributed by atoms with E-state index in [9.17, 15) is 36.2 Å². The molecular formula is C33H26N6O8S2. The number of nitrogens with zero attached hydrogens (tertiary/aromatic N) is 4. The number of hydrogen-bond acceptors (Lipinski definition) is 12. The molecule has 49 heavy (non-hydrogen) atoms. The van der Waals surface area contributed by atoms with Crippen molar-refractivity contribution >= 4 is 75.9 Å². The summed E-state index contributed by atoms with van der Waals surface area (Å²) in [5.41, 5.74) is 13.2. The standard InChI is InChI=1S/C33H26N6O8S2/c34-24-5-1-3-19-10-14-26(32(40)29(19)24)38-36-22-11-7-18(8-12-22)15-20-9-13-23(17-27(20)48(42,43)44)37-39-31-28(49(45,46)47)16-21-4-2-6-25(35)30(21)33(31)41/h1-14,16-17,40-41H,15,34-35H2,(H,42,43,44)(H,45,46,47). The van der Waals surface area contributed by atoms with Crippen molar-refractivity contribution in [2.24, 2.45) is 20.5 Å². The summed E-state index contributed by atoms with van der Waals surface area (Å²) in [6.45, 7) is 0. The maximum Gasteiger partial charge on any atom is 0.296 e. The molecule has 0 bridgehead atoms. The van der Waals surface area contributed by atoms with Gasteiger partial charge in [-0.2, -0.15) is 27.1 Å². The average Bonchev–Trinajstić information content (AvgIpc) is 3.04. The molecule has 0 aliphatic rings. The predicted molar refractivity (Wildman–Crippen MR) is 184 cm³/mol. The molecule has 0 fully saturated rings. The van der Waals surface area contributed by atoms with Crippen LogP contribution in [0.1, 0.15) is 11.1 Å². The normalized spacial score (nSPS) is 12.4. The second-order valence-corrected chi connectivity index (χ2v) is 13.7. The summed E-state index contributed by atoms with van der Waals surface area (Å²) in [6, 6.07) is 24.6. The highest BCUT2D eigenvalue weighted by molar-refractivity contribution is 7.86. The molecule has 0 atom stereocenters. The molecule has 0 unspecified atom stereocenters. The maximum atomic E-state index is 12.4. The smallest absolute Gasteiger partial charge is 0.296 e. The second-order valence-electron chi connectivity index (χ2n) is 10.9. The molecule has 0 saturated carbocycles. The van der Waals surface area contributed by atoms with E-state index in [4.69, 9.17) is 11.5 Å². The summed E-state index contributed by atoms with van der Waals surface area (Å²) in [7, 11) is -9.66. The fourth-order valence-corrected chi connectivity index (χ4v) is 6.69. The maximum absolute atomic E-state index is 12.4. The first-order valence-corrected chi connectivity index (χ1v) is 17.1. The van der Waals surface area contributed by atoms with Gasteiger partial charge in [0.05, 0.1) is 16.3 Å². The van der Waals surface area contributed by atoms with Gasteiger partial charge in [0.1, 0.15) is 16.3 Å². The first kappa shape index (κ1) is 33.0. The van der Waals surface area contributed by atoms with Gasteiger partial charge in [0, 0.05) is 22.1 Å². The van der Waals surface area contributed by atoms with E-state index in [1.165, 1.54) is 30.3 Å². The molecule has 14 nitrogen and oxygen atoms in total. The molecule has 6 rings (SSSR count). The number of rotatable bonds is 8. The Balaban J connectivity index is 1.27. The van der Waals surface area contributed by atoms with Gasteiger partial charge in [-0.3, -0.25) is 9.11 Å². The Morgan fingerprint density at radius 3 is 1.82 bits per heavy atom. The molecular weight excluding hydrogens is 673 g/mol. The van der Waals surface area contributed by atoms with Crippen LogP contribution in [0.2, 0.25) is 0 Å². The third-order valence-electron chi connectivity index (χ3n) is 7.62. The topological polar surface area (TPSA) is 251 Å². The SMILES string of the molecule is Nc1cccc2ccc(N=Nc3ccc(Cc4ccc(N=Nc5c(S(=O)(=O)O)cc6cccc(N)c6c5O)cc4S(=O)(=O)O)cc3)c(O)c12. The van der Waals surface area contributed by atoms with E-state index in [0.29, 0.717) is 22.3 Å². The Kier molecular flexibility index (Phi) is 8.47. The zero-order valence-electron chi connectivity index (χ0n) is 25.1. The Morgan fingerprint density at radius 1 is 0.571 bits per heavy atom. The molecule has 0 saturated heterocycles. The first-order valence-electron chi connectivity index (χ1n) is 14.3. The van der Waals surface area contributed by atoms with Gasteiger partial charge in [-0.15, -0.1) is 10.2 Å². The molecule has 0 aliphatic carbocycles. The molecule has 248 valence electrons. The summed E-state index contributed by atoms with van der Waals surface area (Å²) in [6.07, 6.45) is 0.0619. The number of phenolic OH excluding ortho intramolecular Hbond substituents is 2. The second kappa shape index (κ2) is 12.6. The van der Waals surface area contributed by atoms with Crippen molar-refractivity contribution in [2.75, 3.05) is 11.5 Å². The van der Waals surface area contributed by atoms with Gasteiger partial charge in [-0.25, -0.2) is 0 Å². The van der Waals surface area contributed by atoms with Crippen molar-refractivity contribution in [3.05, 3.63) is 108 Å². The number of fused-ring (bicyclic) bond motifs is 2. The lowest BCUT2D eigenvalue weighted by Crippen LogP contribution is -2.03. The molecule has 0 heterocycles. The van der Waals surface area contributed by atoms with Crippen molar-refractivity contribution in [2.45, 2.75) is 16.2 Å². The fraction of sp³-hybridized carbons (Fsp3) is 0.0303. The predicted octanol–water partition coefficient (Wildman–Crippen LogP) is 7.48. The van der Waals surface area contributed by atoms with Crippen molar-refractivity contribution in [3.63, 3.8) is 0 Å².